The normalized spacial score (nSPS) is 22.6. The van der Waals surface area contributed by atoms with E-state index < -0.39 is 0 Å². The van der Waals surface area contributed by atoms with Crippen LogP contribution in [0.3, 0.4) is 0 Å². The van der Waals surface area contributed by atoms with Gasteiger partial charge >= 0.3 is 0 Å². The Hall–Kier alpha value is -2.04. The van der Waals surface area contributed by atoms with Crippen LogP contribution in [-0.2, 0) is 9.59 Å². The molecule has 0 N–H and O–H groups in total. The third kappa shape index (κ3) is 1.54. The van der Waals surface area contributed by atoms with Crippen LogP contribution >= 0.6 is 0 Å². The van der Waals surface area contributed by atoms with Crippen molar-refractivity contribution in [2.45, 2.75) is 19.0 Å². The Kier molecular flexibility index (Phi) is 2.47. The number of fused-ring (bicyclic) bond motifs is 1. The molecular formula is C13H14N2O3. The van der Waals surface area contributed by atoms with E-state index in [2.05, 4.69) is 0 Å². The summed E-state index contributed by atoms with van der Waals surface area (Å²) in [4.78, 5) is 27.0. The molecular weight excluding hydrogens is 232 g/mol. The lowest BCUT2D eigenvalue weighted by Crippen LogP contribution is -2.36. The summed E-state index contributed by atoms with van der Waals surface area (Å²) in [6.07, 6.45) is 1.12. The lowest BCUT2D eigenvalue weighted by Gasteiger charge is -2.24. The van der Waals surface area contributed by atoms with Crippen LogP contribution in [0.1, 0.15) is 12.8 Å². The molecule has 2 amide bonds. The Bertz CT molecular complexity index is 515. The van der Waals surface area contributed by atoms with Crippen molar-refractivity contribution in [2.75, 3.05) is 18.6 Å². The Labute approximate surface area is 105 Å². The molecule has 2 fully saturated rings. The molecule has 1 aromatic carbocycles. The fourth-order valence-corrected chi connectivity index (χ4v) is 2.64. The Balaban J connectivity index is 1.95. The van der Waals surface area contributed by atoms with Crippen LogP contribution in [0.25, 0.3) is 0 Å². The molecule has 5 heteroatoms. The third-order valence-corrected chi connectivity index (χ3v) is 3.50. The number of hydrogen-bond acceptors (Lipinski definition) is 3. The monoisotopic (exact) mass is 246 g/mol. The quantitative estimate of drug-likeness (QED) is 0.782. The second-order valence-corrected chi connectivity index (χ2v) is 4.51. The standard InChI is InChI=1S/C13H14N2O3/c1-18-10-4-2-3-9(7-10)15-11-5-6-12(16)14(11)8-13(15)17/h2-4,7,11H,5-6,8H2,1H3. The van der Waals surface area contributed by atoms with Gasteiger partial charge in [-0.2, -0.15) is 0 Å². The van der Waals surface area contributed by atoms with Crippen molar-refractivity contribution in [3.05, 3.63) is 24.3 Å². The number of benzene rings is 1. The number of rotatable bonds is 2. The molecule has 2 heterocycles. The zero-order valence-electron chi connectivity index (χ0n) is 10.1. The molecule has 2 aliphatic rings. The van der Waals surface area contributed by atoms with Gasteiger partial charge in [0.1, 0.15) is 18.5 Å². The molecule has 0 saturated carbocycles. The number of anilines is 1. The van der Waals surface area contributed by atoms with Gasteiger partial charge in [0.2, 0.25) is 11.8 Å². The van der Waals surface area contributed by atoms with Gasteiger partial charge in [-0.1, -0.05) is 6.07 Å². The van der Waals surface area contributed by atoms with Crippen molar-refractivity contribution in [1.82, 2.24) is 4.90 Å². The first-order valence-corrected chi connectivity index (χ1v) is 5.96. The first kappa shape index (κ1) is 11.1. The van der Waals surface area contributed by atoms with Crippen LogP contribution in [0.4, 0.5) is 5.69 Å². The van der Waals surface area contributed by atoms with Gasteiger partial charge in [-0.15, -0.1) is 0 Å². The number of carbonyl (C=O) groups excluding carboxylic acids is 2. The van der Waals surface area contributed by atoms with Crippen molar-refractivity contribution in [1.29, 1.82) is 0 Å². The zero-order valence-corrected chi connectivity index (χ0v) is 10.1. The number of nitrogens with zero attached hydrogens (tertiary/aromatic N) is 2. The summed E-state index contributed by atoms with van der Waals surface area (Å²) >= 11 is 0. The Morgan fingerprint density at radius 3 is 2.89 bits per heavy atom. The van der Waals surface area contributed by atoms with E-state index >= 15 is 0 Å². The van der Waals surface area contributed by atoms with Gasteiger partial charge in [-0.3, -0.25) is 14.5 Å². The van der Waals surface area contributed by atoms with Crippen LogP contribution in [0.2, 0.25) is 0 Å². The molecule has 0 spiro atoms. The lowest BCUT2D eigenvalue weighted by atomic mass is 10.2. The fourth-order valence-electron chi connectivity index (χ4n) is 2.64. The summed E-state index contributed by atoms with van der Waals surface area (Å²) in [5.74, 6) is 0.753. The minimum absolute atomic E-state index is 0.0266. The second kappa shape index (κ2) is 4.01. The maximum Gasteiger partial charge on any atom is 0.248 e. The summed E-state index contributed by atoms with van der Waals surface area (Å²) in [6.45, 7) is 0.195. The molecule has 1 unspecified atom stereocenters. The molecule has 94 valence electrons. The van der Waals surface area contributed by atoms with E-state index in [1.165, 1.54) is 0 Å². The number of carbonyl (C=O) groups is 2. The molecule has 1 aromatic rings. The first-order chi connectivity index (χ1) is 8.70. The highest BCUT2D eigenvalue weighted by Crippen LogP contribution is 2.33. The van der Waals surface area contributed by atoms with Crippen molar-refractivity contribution in [2.24, 2.45) is 0 Å². The predicted molar refractivity (Wildman–Crippen MR) is 65.2 cm³/mol. The van der Waals surface area contributed by atoms with E-state index in [0.29, 0.717) is 18.6 Å². The third-order valence-electron chi connectivity index (χ3n) is 3.50. The number of amides is 2. The minimum Gasteiger partial charge on any atom is -0.497 e. The van der Waals surface area contributed by atoms with Gasteiger partial charge in [0.05, 0.1) is 7.11 Å². The van der Waals surface area contributed by atoms with Gasteiger partial charge in [-0.05, 0) is 18.6 Å². The molecule has 18 heavy (non-hydrogen) atoms. The van der Waals surface area contributed by atoms with Crippen molar-refractivity contribution in [3.63, 3.8) is 0 Å². The minimum atomic E-state index is -0.114. The molecule has 5 nitrogen and oxygen atoms in total. The highest BCUT2D eigenvalue weighted by molar-refractivity contribution is 6.02. The number of hydrogen-bond donors (Lipinski definition) is 0. The summed E-state index contributed by atoms with van der Waals surface area (Å²) in [5, 5.41) is 0. The Morgan fingerprint density at radius 1 is 1.28 bits per heavy atom. The van der Waals surface area contributed by atoms with E-state index in [1.807, 2.05) is 24.3 Å². The van der Waals surface area contributed by atoms with Gasteiger partial charge in [-0.25, -0.2) is 0 Å². The van der Waals surface area contributed by atoms with Crippen LogP contribution in [0.5, 0.6) is 5.75 Å². The van der Waals surface area contributed by atoms with E-state index in [1.54, 1.807) is 16.9 Å². The van der Waals surface area contributed by atoms with Crippen molar-refractivity contribution >= 4 is 17.5 Å². The van der Waals surface area contributed by atoms with Crippen LogP contribution < -0.4 is 9.64 Å². The van der Waals surface area contributed by atoms with Crippen LogP contribution in [0, 0.1) is 0 Å². The highest BCUT2D eigenvalue weighted by atomic mass is 16.5. The SMILES string of the molecule is COc1cccc(N2C(=O)CN3C(=O)CCC32)c1. The fraction of sp³-hybridized carbons (Fsp3) is 0.385. The number of methoxy groups -OCH3 is 1. The van der Waals surface area contributed by atoms with E-state index in [-0.39, 0.29) is 24.5 Å². The van der Waals surface area contributed by atoms with Gasteiger partial charge in [0.15, 0.2) is 0 Å². The van der Waals surface area contributed by atoms with E-state index in [9.17, 15) is 9.59 Å². The smallest absolute Gasteiger partial charge is 0.248 e. The van der Waals surface area contributed by atoms with Gasteiger partial charge < -0.3 is 9.64 Å². The summed E-state index contributed by atoms with van der Waals surface area (Å²) in [5.41, 5.74) is 0.793. The number of ether oxygens (including phenoxy) is 1. The van der Waals surface area contributed by atoms with Crippen molar-refractivity contribution in [3.8, 4) is 5.75 Å². The van der Waals surface area contributed by atoms with E-state index in [0.717, 1.165) is 5.69 Å². The molecule has 2 saturated heterocycles. The first-order valence-electron chi connectivity index (χ1n) is 5.96. The molecule has 0 aliphatic carbocycles. The molecule has 3 rings (SSSR count). The largest absolute Gasteiger partial charge is 0.497 e. The van der Waals surface area contributed by atoms with Crippen molar-refractivity contribution < 1.29 is 14.3 Å². The molecule has 0 radical (unpaired) electrons. The predicted octanol–water partition coefficient (Wildman–Crippen LogP) is 0.990. The second-order valence-electron chi connectivity index (χ2n) is 4.51. The molecule has 1 atom stereocenters. The maximum atomic E-state index is 12.0. The average molecular weight is 246 g/mol. The molecule has 0 bridgehead atoms. The summed E-state index contributed by atoms with van der Waals surface area (Å²) < 4.78 is 5.16. The summed E-state index contributed by atoms with van der Waals surface area (Å²) in [6, 6.07) is 7.37. The van der Waals surface area contributed by atoms with Gasteiger partial charge in [0, 0.05) is 18.2 Å². The topological polar surface area (TPSA) is 49.9 Å². The van der Waals surface area contributed by atoms with Gasteiger partial charge in [0.25, 0.3) is 0 Å². The average Bonchev–Trinajstić information content (AvgIpc) is 2.89. The lowest BCUT2D eigenvalue weighted by molar-refractivity contribution is -0.129. The molecule has 2 aliphatic heterocycles. The van der Waals surface area contributed by atoms with Crippen LogP contribution in [-0.4, -0.2) is 36.5 Å². The highest BCUT2D eigenvalue weighted by Gasteiger charge is 2.45. The van der Waals surface area contributed by atoms with E-state index in [4.69, 9.17) is 4.74 Å². The summed E-state index contributed by atoms with van der Waals surface area (Å²) in [7, 11) is 1.59. The van der Waals surface area contributed by atoms with Crippen LogP contribution in [0.15, 0.2) is 24.3 Å². The molecule has 0 aromatic heterocycles. The maximum absolute atomic E-state index is 12.0. The Morgan fingerprint density at radius 2 is 2.11 bits per heavy atom. The zero-order chi connectivity index (χ0) is 12.7.